The first kappa shape index (κ1) is 17.4. The maximum absolute atomic E-state index is 12.7. The molecule has 2 aromatic rings. The predicted octanol–water partition coefficient (Wildman–Crippen LogP) is 3.68. The molecule has 5 heteroatoms. The lowest BCUT2D eigenvalue weighted by molar-refractivity contribution is -0.123. The molecule has 1 aromatic carbocycles. The quantitative estimate of drug-likeness (QED) is 0.846. The molecule has 0 saturated heterocycles. The summed E-state index contributed by atoms with van der Waals surface area (Å²) in [5.41, 5.74) is 3.34. The highest BCUT2D eigenvalue weighted by Gasteiger charge is 2.60. The van der Waals surface area contributed by atoms with Crippen molar-refractivity contribution in [3.63, 3.8) is 0 Å². The molecule has 0 radical (unpaired) electrons. The summed E-state index contributed by atoms with van der Waals surface area (Å²) in [6.45, 7) is 10.5. The predicted molar refractivity (Wildman–Crippen MR) is 98.1 cm³/mol. The highest BCUT2D eigenvalue weighted by molar-refractivity contribution is 5.84. The van der Waals surface area contributed by atoms with Crippen molar-refractivity contribution in [2.45, 2.75) is 40.7 Å². The summed E-state index contributed by atoms with van der Waals surface area (Å²) < 4.78 is 1.71. The molecule has 25 heavy (non-hydrogen) atoms. The number of hydrogen-bond donors (Lipinski definition) is 1. The van der Waals surface area contributed by atoms with Crippen molar-refractivity contribution in [3.8, 4) is 5.69 Å². The van der Waals surface area contributed by atoms with E-state index in [4.69, 9.17) is 0 Å². The van der Waals surface area contributed by atoms with E-state index in [1.165, 1.54) is 11.9 Å². The van der Waals surface area contributed by atoms with Gasteiger partial charge in [-0.1, -0.05) is 37.6 Å². The molecule has 0 bridgehead atoms. The molecule has 1 aromatic heterocycles. The van der Waals surface area contributed by atoms with E-state index in [1.54, 1.807) is 11.0 Å². The van der Waals surface area contributed by atoms with Gasteiger partial charge >= 0.3 is 0 Å². The van der Waals surface area contributed by atoms with Crippen molar-refractivity contribution in [1.29, 1.82) is 0 Å². The lowest BCUT2D eigenvalue weighted by Gasteiger charge is -2.15. The number of carbonyl (C=O) groups is 1. The zero-order valence-electron chi connectivity index (χ0n) is 15.5. The van der Waals surface area contributed by atoms with Crippen molar-refractivity contribution in [2.75, 3.05) is 0 Å². The average Bonchev–Trinajstić information content (AvgIpc) is 2.94. The monoisotopic (exact) mass is 338 g/mol. The first-order chi connectivity index (χ1) is 11.8. The van der Waals surface area contributed by atoms with Gasteiger partial charge in [-0.25, -0.2) is 9.67 Å². The molecule has 5 nitrogen and oxygen atoms in total. The smallest absolute Gasteiger partial charge is 0.224 e. The molecule has 0 spiro atoms. The van der Waals surface area contributed by atoms with Gasteiger partial charge in [-0.05, 0) is 49.8 Å². The van der Waals surface area contributed by atoms with Gasteiger partial charge in [0.25, 0.3) is 0 Å². The Balaban J connectivity index is 1.65. The SMILES string of the molecule is CC(C)=CC1C(C(=O)NC(C)c2ccc(-n3cncn3)cc2)C1(C)C. The second kappa shape index (κ2) is 6.47. The fourth-order valence-corrected chi connectivity index (χ4v) is 3.49. The lowest BCUT2D eigenvalue weighted by Crippen LogP contribution is -2.29. The third kappa shape index (κ3) is 3.50. The molecule has 3 atom stereocenters. The molecule has 1 fully saturated rings. The molecule has 1 amide bonds. The van der Waals surface area contributed by atoms with E-state index in [2.05, 4.69) is 49.2 Å². The van der Waals surface area contributed by atoms with Crippen LogP contribution in [-0.4, -0.2) is 20.7 Å². The second-order valence-corrected chi connectivity index (χ2v) is 7.73. The number of carbonyl (C=O) groups excluding carboxylic acids is 1. The molecule has 3 rings (SSSR count). The normalized spacial score (nSPS) is 22.1. The van der Waals surface area contributed by atoms with E-state index >= 15 is 0 Å². The van der Waals surface area contributed by atoms with Crippen LogP contribution in [0.15, 0.2) is 48.6 Å². The van der Waals surface area contributed by atoms with Crippen LogP contribution in [0.3, 0.4) is 0 Å². The van der Waals surface area contributed by atoms with E-state index in [9.17, 15) is 4.79 Å². The highest BCUT2D eigenvalue weighted by Crippen LogP contribution is 2.59. The molecule has 3 unspecified atom stereocenters. The van der Waals surface area contributed by atoms with E-state index < -0.39 is 0 Å². The average molecular weight is 338 g/mol. The molecule has 1 saturated carbocycles. The summed E-state index contributed by atoms with van der Waals surface area (Å²) in [7, 11) is 0. The maximum atomic E-state index is 12.7. The summed E-state index contributed by atoms with van der Waals surface area (Å²) in [4.78, 5) is 16.6. The van der Waals surface area contributed by atoms with Crippen LogP contribution in [0.1, 0.15) is 46.2 Å². The fourth-order valence-electron chi connectivity index (χ4n) is 3.49. The summed E-state index contributed by atoms with van der Waals surface area (Å²) in [5, 5.41) is 7.29. The molecule has 1 N–H and O–H groups in total. The number of nitrogens with one attached hydrogen (secondary N) is 1. The van der Waals surface area contributed by atoms with Gasteiger partial charge in [0.1, 0.15) is 12.7 Å². The standard InChI is InChI=1S/C20H26N4O/c1-13(2)10-17-18(20(17,4)5)19(25)23-14(3)15-6-8-16(9-7-15)24-12-21-11-22-24/h6-12,14,17-18H,1-5H3,(H,23,25). The van der Waals surface area contributed by atoms with Crippen LogP contribution >= 0.6 is 0 Å². The van der Waals surface area contributed by atoms with Crippen molar-refractivity contribution < 1.29 is 4.79 Å². The molecule has 1 aliphatic carbocycles. The van der Waals surface area contributed by atoms with Crippen LogP contribution in [0.2, 0.25) is 0 Å². The Labute approximate surface area is 149 Å². The Morgan fingerprint density at radius 1 is 1.28 bits per heavy atom. The van der Waals surface area contributed by atoms with Gasteiger partial charge < -0.3 is 5.32 Å². The van der Waals surface area contributed by atoms with Crippen molar-refractivity contribution in [2.24, 2.45) is 17.3 Å². The van der Waals surface area contributed by atoms with Crippen molar-refractivity contribution in [1.82, 2.24) is 20.1 Å². The van der Waals surface area contributed by atoms with Crippen LogP contribution in [0.4, 0.5) is 0 Å². The zero-order valence-corrected chi connectivity index (χ0v) is 15.5. The van der Waals surface area contributed by atoms with E-state index in [-0.39, 0.29) is 23.3 Å². The summed E-state index contributed by atoms with van der Waals surface area (Å²) in [6, 6.07) is 7.99. The van der Waals surface area contributed by atoms with E-state index in [0.29, 0.717) is 5.92 Å². The van der Waals surface area contributed by atoms with E-state index in [1.807, 2.05) is 31.2 Å². The van der Waals surface area contributed by atoms with Gasteiger partial charge in [0.2, 0.25) is 5.91 Å². The molecule has 132 valence electrons. The van der Waals surface area contributed by atoms with Gasteiger partial charge in [0.15, 0.2) is 0 Å². The second-order valence-electron chi connectivity index (χ2n) is 7.73. The maximum Gasteiger partial charge on any atom is 0.224 e. The third-order valence-corrected chi connectivity index (χ3v) is 5.14. The van der Waals surface area contributed by atoms with Gasteiger partial charge in [-0.3, -0.25) is 4.79 Å². The first-order valence-corrected chi connectivity index (χ1v) is 8.71. The first-order valence-electron chi connectivity index (χ1n) is 8.71. The Morgan fingerprint density at radius 2 is 1.96 bits per heavy atom. The number of allylic oxidation sites excluding steroid dienone is 2. The number of aromatic nitrogens is 3. The molecular weight excluding hydrogens is 312 g/mol. The number of hydrogen-bond acceptors (Lipinski definition) is 3. The highest BCUT2D eigenvalue weighted by atomic mass is 16.2. The van der Waals surface area contributed by atoms with Crippen LogP contribution < -0.4 is 5.32 Å². The van der Waals surface area contributed by atoms with Crippen LogP contribution in [0.25, 0.3) is 5.69 Å². The zero-order chi connectivity index (χ0) is 18.2. The summed E-state index contributed by atoms with van der Waals surface area (Å²) in [5.74, 6) is 0.527. The Hall–Kier alpha value is -2.43. The van der Waals surface area contributed by atoms with E-state index in [0.717, 1.165) is 11.3 Å². The van der Waals surface area contributed by atoms with Gasteiger partial charge in [-0.2, -0.15) is 5.10 Å². The fraction of sp³-hybridized carbons (Fsp3) is 0.450. The Kier molecular flexibility index (Phi) is 4.50. The Morgan fingerprint density at radius 3 is 2.52 bits per heavy atom. The number of amides is 1. The summed E-state index contributed by atoms with van der Waals surface area (Å²) >= 11 is 0. The third-order valence-electron chi connectivity index (χ3n) is 5.14. The van der Waals surface area contributed by atoms with Crippen molar-refractivity contribution in [3.05, 3.63) is 54.1 Å². The summed E-state index contributed by atoms with van der Waals surface area (Å²) in [6.07, 6.45) is 5.40. The number of nitrogens with zero attached hydrogens (tertiary/aromatic N) is 3. The van der Waals surface area contributed by atoms with Crippen LogP contribution in [-0.2, 0) is 4.79 Å². The topological polar surface area (TPSA) is 59.8 Å². The Bertz CT molecular complexity index is 771. The molecule has 1 heterocycles. The molecular formula is C20H26N4O. The number of rotatable bonds is 5. The van der Waals surface area contributed by atoms with Gasteiger partial charge in [-0.15, -0.1) is 0 Å². The minimum Gasteiger partial charge on any atom is -0.349 e. The minimum absolute atomic E-state index is 0.0268. The minimum atomic E-state index is -0.0268. The van der Waals surface area contributed by atoms with Gasteiger partial charge in [0, 0.05) is 0 Å². The van der Waals surface area contributed by atoms with Crippen LogP contribution in [0.5, 0.6) is 0 Å². The molecule has 1 aliphatic rings. The molecule has 0 aliphatic heterocycles. The van der Waals surface area contributed by atoms with Crippen LogP contribution in [0, 0.1) is 17.3 Å². The number of benzene rings is 1. The lowest BCUT2D eigenvalue weighted by atomic mass is 10.1. The van der Waals surface area contributed by atoms with Crippen molar-refractivity contribution >= 4 is 5.91 Å². The van der Waals surface area contributed by atoms with Gasteiger partial charge in [0.05, 0.1) is 17.6 Å². The largest absolute Gasteiger partial charge is 0.349 e.